The second kappa shape index (κ2) is 9.00. The molecule has 4 rings (SSSR count). The molecule has 3 N–H and O–H groups in total. The fourth-order valence-corrected chi connectivity index (χ4v) is 5.86. The van der Waals surface area contributed by atoms with Gasteiger partial charge < -0.3 is 10.2 Å². The number of nitrogens with one attached hydrogen (secondary N) is 1. The zero-order chi connectivity index (χ0) is 22.8. The smallest absolute Gasteiger partial charge is 0.450 e. The summed E-state index contributed by atoms with van der Waals surface area (Å²) in [5.41, 5.74) is 1.64. The Balaban J connectivity index is 0.000000628. The van der Waals surface area contributed by atoms with Gasteiger partial charge in [-0.1, -0.05) is 37.3 Å². The van der Waals surface area contributed by atoms with Crippen LogP contribution < -0.4 is 4.72 Å². The highest BCUT2D eigenvalue weighted by molar-refractivity contribution is 7.91. The molecule has 9 nitrogen and oxygen atoms in total. The molecule has 0 amide bonds. The Morgan fingerprint density at radius 1 is 1.13 bits per heavy atom. The molecule has 11 heteroatoms. The van der Waals surface area contributed by atoms with E-state index in [0.717, 1.165) is 16.9 Å². The molecule has 164 valence electrons. The Morgan fingerprint density at radius 2 is 1.77 bits per heavy atom. The van der Waals surface area contributed by atoms with Gasteiger partial charge in [0.2, 0.25) is 10.0 Å². The first-order chi connectivity index (χ1) is 14.6. The molecule has 31 heavy (non-hydrogen) atoms. The standard InChI is InChI=1S/C19H19N3O3S2.CH2O3/c1-12-18(14-6-4-3-5-7-14)19(12)21-27(24,25)17-9-8-16(26-17)22-11-15(10-20-22)13(2)23;2-1(3)4/h3-12,18-19,21H,1-2H3;(H2,2,3,4)/t12-,18-,19+;/m1./s1. The van der Waals surface area contributed by atoms with E-state index in [-0.39, 0.29) is 27.9 Å². The Kier molecular flexibility index (Phi) is 6.58. The molecule has 0 saturated heterocycles. The average molecular weight is 464 g/mol. The topological polar surface area (TPSA) is 139 Å². The SMILES string of the molecule is CC(=O)c1cnn(-c2ccc(S(=O)(=O)N[C@H]3[C@H](C)[C@@H]3c3ccccc3)s2)c1.O=C(O)O. The molecule has 1 saturated carbocycles. The van der Waals surface area contributed by atoms with E-state index in [2.05, 4.69) is 16.7 Å². The summed E-state index contributed by atoms with van der Waals surface area (Å²) in [4.78, 5) is 20.0. The lowest BCUT2D eigenvalue weighted by Crippen LogP contribution is -2.27. The second-order valence-electron chi connectivity index (χ2n) is 7.05. The van der Waals surface area contributed by atoms with Gasteiger partial charge in [-0.2, -0.15) is 5.10 Å². The third-order valence-electron chi connectivity index (χ3n) is 4.90. The molecular formula is C20H21N3O6S2. The number of aromatic nitrogens is 2. The summed E-state index contributed by atoms with van der Waals surface area (Å²) in [6.07, 6.45) is 1.25. The highest BCUT2D eigenvalue weighted by Crippen LogP contribution is 2.48. The monoisotopic (exact) mass is 463 g/mol. The van der Waals surface area contributed by atoms with E-state index in [1.165, 1.54) is 17.8 Å². The van der Waals surface area contributed by atoms with Crippen LogP contribution in [0.1, 0.15) is 35.7 Å². The first-order valence-electron chi connectivity index (χ1n) is 9.25. The number of sulfonamides is 1. The predicted octanol–water partition coefficient (Wildman–Crippen LogP) is 3.44. The quantitative estimate of drug-likeness (QED) is 0.476. The number of hydrogen-bond donors (Lipinski definition) is 3. The maximum absolute atomic E-state index is 12.8. The normalized spacial score (nSPS) is 19.9. The lowest BCUT2D eigenvalue weighted by atomic mass is 10.1. The number of carbonyl (C=O) groups is 2. The van der Waals surface area contributed by atoms with Crippen LogP contribution in [0.5, 0.6) is 0 Å². The molecule has 2 heterocycles. The molecule has 1 aliphatic rings. The van der Waals surface area contributed by atoms with Gasteiger partial charge in [0.1, 0.15) is 9.21 Å². The van der Waals surface area contributed by atoms with Gasteiger partial charge in [0.05, 0.1) is 11.8 Å². The number of carbonyl (C=O) groups excluding carboxylic acids is 1. The number of nitrogens with zero attached hydrogens (tertiary/aromatic N) is 2. The van der Waals surface area contributed by atoms with Crippen molar-refractivity contribution >= 4 is 33.3 Å². The molecule has 1 aliphatic carbocycles. The van der Waals surface area contributed by atoms with Gasteiger partial charge in [0.15, 0.2) is 5.78 Å². The van der Waals surface area contributed by atoms with Crippen molar-refractivity contribution in [2.24, 2.45) is 5.92 Å². The number of rotatable bonds is 6. The summed E-state index contributed by atoms with van der Waals surface area (Å²) >= 11 is 1.12. The van der Waals surface area contributed by atoms with Crippen LogP contribution in [0.15, 0.2) is 59.1 Å². The van der Waals surface area contributed by atoms with E-state index in [9.17, 15) is 13.2 Å². The summed E-state index contributed by atoms with van der Waals surface area (Å²) in [5, 5.41) is 18.7. The third-order valence-corrected chi connectivity index (χ3v) is 7.93. The van der Waals surface area contributed by atoms with E-state index in [0.29, 0.717) is 10.6 Å². The van der Waals surface area contributed by atoms with E-state index >= 15 is 0 Å². The van der Waals surface area contributed by atoms with E-state index in [1.807, 2.05) is 30.3 Å². The van der Waals surface area contributed by atoms with Crippen molar-refractivity contribution in [2.75, 3.05) is 0 Å². The molecule has 3 atom stereocenters. The van der Waals surface area contributed by atoms with Gasteiger partial charge in [0, 0.05) is 18.2 Å². The lowest BCUT2D eigenvalue weighted by Gasteiger charge is -2.04. The summed E-state index contributed by atoms with van der Waals surface area (Å²) in [6.45, 7) is 3.52. The van der Waals surface area contributed by atoms with Gasteiger partial charge in [0.25, 0.3) is 0 Å². The zero-order valence-corrected chi connectivity index (χ0v) is 18.3. The fraction of sp³-hybridized carbons (Fsp3) is 0.250. The van der Waals surface area contributed by atoms with Gasteiger partial charge in [-0.05, 0) is 30.5 Å². The first kappa shape index (κ1) is 22.7. The number of hydrogen-bond acceptors (Lipinski definition) is 6. The maximum atomic E-state index is 12.8. The van der Waals surface area contributed by atoms with Crippen molar-refractivity contribution in [3.8, 4) is 5.00 Å². The van der Waals surface area contributed by atoms with E-state index in [1.54, 1.807) is 18.3 Å². The fourth-order valence-electron chi connectivity index (χ4n) is 3.27. The van der Waals surface area contributed by atoms with Crippen LogP contribution >= 0.6 is 11.3 Å². The number of carboxylic acid groups (broad SMARTS) is 2. The first-order valence-corrected chi connectivity index (χ1v) is 11.5. The Labute approximate surface area is 183 Å². The van der Waals surface area contributed by atoms with E-state index in [4.69, 9.17) is 15.0 Å². The molecular weight excluding hydrogens is 442 g/mol. The molecule has 0 unspecified atom stereocenters. The van der Waals surface area contributed by atoms with Crippen LogP contribution in [-0.4, -0.2) is 46.4 Å². The maximum Gasteiger partial charge on any atom is 0.503 e. The average Bonchev–Trinajstić information content (AvgIpc) is 3.15. The molecule has 2 aromatic heterocycles. The number of ketones is 1. The molecule has 0 radical (unpaired) electrons. The van der Waals surface area contributed by atoms with Crippen molar-refractivity contribution in [3.05, 3.63) is 66.0 Å². The van der Waals surface area contributed by atoms with Crippen LogP contribution in [0.3, 0.4) is 0 Å². The van der Waals surface area contributed by atoms with Gasteiger partial charge in [-0.25, -0.2) is 22.6 Å². The molecule has 0 aliphatic heterocycles. The van der Waals surface area contributed by atoms with Gasteiger partial charge in [-0.3, -0.25) is 4.79 Å². The summed E-state index contributed by atoms with van der Waals surface area (Å²) < 4.78 is 30.1. The van der Waals surface area contributed by atoms with Crippen molar-refractivity contribution in [1.82, 2.24) is 14.5 Å². The number of thiophene rings is 1. The highest BCUT2D eigenvalue weighted by atomic mass is 32.2. The van der Waals surface area contributed by atoms with Crippen LogP contribution in [0.4, 0.5) is 4.79 Å². The molecule has 1 aromatic carbocycles. The van der Waals surface area contributed by atoms with E-state index < -0.39 is 16.2 Å². The molecule has 0 bridgehead atoms. The lowest BCUT2D eigenvalue weighted by molar-refractivity contribution is 0.101. The van der Waals surface area contributed by atoms with Gasteiger partial charge in [-0.15, -0.1) is 11.3 Å². The largest absolute Gasteiger partial charge is 0.503 e. The third kappa shape index (κ3) is 5.37. The van der Waals surface area contributed by atoms with Crippen LogP contribution in [0.2, 0.25) is 0 Å². The van der Waals surface area contributed by atoms with Crippen LogP contribution in [0, 0.1) is 5.92 Å². The van der Waals surface area contributed by atoms with Crippen molar-refractivity contribution < 1.29 is 28.2 Å². The number of benzene rings is 1. The number of Topliss-reactive ketones (excluding diaryl/α,β-unsaturated/α-hetero) is 1. The minimum absolute atomic E-state index is 0.0815. The Morgan fingerprint density at radius 3 is 2.35 bits per heavy atom. The molecule has 3 aromatic rings. The van der Waals surface area contributed by atoms with Crippen LogP contribution in [0.25, 0.3) is 5.00 Å². The Bertz CT molecular complexity index is 1180. The van der Waals surface area contributed by atoms with Gasteiger partial charge >= 0.3 is 6.16 Å². The van der Waals surface area contributed by atoms with Crippen LogP contribution in [-0.2, 0) is 10.0 Å². The minimum Gasteiger partial charge on any atom is -0.450 e. The predicted molar refractivity (Wildman–Crippen MR) is 115 cm³/mol. The summed E-state index contributed by atoms with van der Waals surface area (Å²) in [6, 6.07) is 13.1. The summed E-state index contributed by atoms with van der Waals surface area (Å²) in [7, 11) is -3.61. The van der Waals surface area contributed by atoms with Crippen molar-refractivity contribution in [2.45, 2.75) is 30.0 Å². The molecule has 0 spiro atoms. The summed E-state index contributed by atoms with van der Waals surface area (Å²) in [5.74, 6) is 0.373. The Hall–Kier alpha value is -3.02. The minimum atomic E-state index is -3.61. The molecule has 1 fully saturated rings. The zero-order valence-electron chi connectivity index (χ0n) is 16.7. The van der Waals surface area contributed by atoms with Crippen molar-refractivity contribution in [3.63, 3.8) is 0 Å². The second-order valence-corrected chi connectivity index (χ2v) is 10.1. The highest BCUT2D eigenvalue weighted by Gasteiger charge is 2.49. The van der Waals surface area contributed by atoms with Crippen molar-refractivity contribution in [1.29, 1.82) is 0 Å².